The Bertz CT molecular complexity index is 290. The molecule has 0 fully saturated rings. The summed E-state index contributed by atoms with van der Waals surface area (Å²) in [5.41, 5.74) is -0.483. The van der Waals surface area contributed by atoms with Crippen molar-refractivity contribution in [2.45, 2.75) is 47.4 Å². The fourth-order valence-corrected chi connectivity index (χ4v) is 2.06. The van der Waals surface area contributed by atoms with E-state index < -0.39 is 17.8 Å². The highest BCUT2D eigenvalue weighted by atomic mass is 16.4. The van der Waals surface area contributed by atoms with E-state index in [2.05, 4.69) is 0 Å². The molecule has 0 heterocycles. The van der Waals surface area contributed by atoms with E-state index in [-0.39, 0.29) is 16.6 Å². The van der Waals surface area contributed by atoms with Crippen LogP contribution in [0.4, 0.5) is 0 Å². The molecule has 0 bridgehead atoms. The van der Waals surface area contributed by atoms with E-state index in [4.69, 9.17) is 0 Å². The lowest BCUT2D eigenvalue weighted by Crippen LogP contribution is -2.45. The first-order chi connectivity index (χ1) is 7.46. The summed E-state index contributed by atoms with van der Waals surface area (Å²) >= 11 is 0. The monoisotopic (exact) mass is 240 g/mol. The molecule has 0 spiro atoms. The van der Waals surface area contributed by atoms with Gasteiger partial charge >= 0.3 is 5.97 Å². The molecular formula is C13H25BO3. The Hall–Kier alpha value is -0.795. The van der Waals surface area contributed by atoms with Gasteiger partial charge in [0.25, 0.3) is 0 Å². The maximum absolute atomic E-state index is 11.4. The van der Waals surface area contributed by atoms with Gasteiger partial charge in [0.2, 0.25) is 0 Å². The lowest BCUT2D eigenvalue weighted by atomic mass is 9.56. The smallest absolute Gasteiger partial charge is 0.306 e. The van der Waals surface area contributed by atoms with Crippen LogP contribution in [-0.4, -0.2) is 25.2 Å². The van der Waals surface area contributed by atoms with Crippen molar-refractivity contribution in [2.24, 2.45) is 22.7 Å². The zero-order valence-corrected chi connectivity index (χ0v) is 12.1. The molecule has 0 aliphatic rings. The van der Waals surface area contributed by atoms with Gasteiger partial charge in [-0.2, -0.15) is 0 Å². The molecule has 0 saturated carbocycles. The Labute approximate surface area is 105 Å². The number of aldehydes is 1. The van der Waals surface area contributed by atoms with Crippen LogP contribution in [0.25, 0.3) is 0 Å². The molecule has 0 saturated heterocycles. The Morgan fingerprint density at radius 2 is 1.65 bits per heavy atom. The van der Waals surface area contributed by atoms with E-state index >= 15 is 0 Å². The Kier molecular flexibility index (Phi) is 4.99. The van der Waals surface area contributed by atoms with Crippen LogP contribution in [0.5, 0.6) is 0 Å². The number of carbonyl (C=O) groups excluding carboxylic acids is 1. The molecular weight excluding hydrogens is 215 g/mol. The van der Waals surface area contributed by atoms with E-state index in [0.29, 0.717) is 0 Å². The molecule has 3 unspecified atom stereocenters. The Morgan fingerprint density at radius 3 is 1.82 bits per heavy atom. The van der Waals surface area contributed by atoms with Crippen molar-refractivity contribution in [1.82, 2.24) is 0 Å². The maximum atomic E-state index is 11.4. The molecule has 0 aromatic rings. The fraction of sp³-hybridized carbons (Fsp3) is 0.846. The highest BCUT2D eigenvalue weighted by Gasteiger charge is 2.46. The zero-order chi connectivity index (χ0) is 14.0. The van der Waals surface area contributed by atoms with E-state index in [1.54, 1.807) is 0 Å². The average molecular weight is 240 g/mol. The second-order valence-electron chi connectivity index (χ2n) is 6.74. The molecule has 0 amide bonds. The number of carboxylic acids is 1. The van der Waals surface area contributed by atoms with Crippen molar-refractivity contribution < 1.29 is 14.7 Å². The first-order valence-corrected chi connectivity index (χ1v) is 6.15. The van der Waals surface area contributed by atoms with Crippen LogP contribution in [0.15, 0.2) is 0 Å². The summed E-state index contributed by atoms with van der Waals surface area (Å²) in [6.45, 7) is 11.9. The summed E-state index contributed by atoms with van der Waals surface area (Å²) in [5.74, 6) is -2.03. The minimum absolute atomic E-state index is 0.0516. The van der Waals surface area contributed by atoms with Gasteiger partial charge in [-0.25, -0.2) is 0 Å². The van der Waals surface area contributed by atoms with Gasteiger partial charge < -0.3 is 9.90 Å². The van der Waals surface area contributed by atoms with E-state index in [1.807, 2.05) is 49.4 Å². The molecule has 0 radical (unpaired) electrons. The van der Waals surface area contributed by atoms with Gasteiger partial charge in [0.05, 0.1) is 5.92 Å². The third-order valence-corrected chi connectivity index (χ3v) is 4.30. The van der Waals surface area contributed by atoms with Gasteiger partial charge in [-0.15, -0.1) is 0 Å². The van der Waals surface area contributed by atoms with Crippen molar-refractivity contribution in [3.8, 4) is 0 Å². The summed E-state index contributed by atoms with van der Waals surface area (Å²) in [6.07, 6.45) is 0.823. The van der Waals surface area contributed by atoms with Gasteiger partial charge in [0.1, 0.15) is 14.1 Å². The van der Waals surface area contributed by atoms with E-state index in [0.717, 1.165) is 6.29 Å². The van der Waals surface area contributed by atoms with E-state index in [9.17, 15) is 14.7 Å². The largest absolute Gasteiger partial charge is 0.481 e. The first-order valence-electron chi connectivity index (χ1n) is 6.15. The molecule has 0 aliphatic carbocycles. The molecule has 0 rings (SSSR count). The number of aliphatic carboxylic acids is 1. The number of rotatable bonds is 5. The first kappa shape index (κ1) is 16.2. The van der Waals surface area contributed by atoms with Crippen molar-refractivity contribution >= 4 is 20.1 Å². The molecule has 0 aromatic heterocycles. The summed E-state index contributed by atoms with van der Waals surface area (Å²) in [4.78, 5) is 22.7. The molecule has 98 valence electrons. The quantitative estimate of drug-likeness (QED) is 0.590. The predicted molar refractivity (Wildman–Crippen MR) is 71.9 cm³/mol. The fourth-order valence-electron chi connectivity index (χ4n) is 2.06. The highest BCUT2D eigenvalue weighted by Crippen LogP contribution is 2.48. The van der Waals surface area contributed by atoms with Gasteiger partial charge in [-0.3, -0.25) is 4.79 Å². The summed E-state index contributed by atoms with van der Waals surface area (Å²) in [6, 6.07) is 0. The van der Waals surface area contributed by atoms with Gasteiger partial charge in [0.15, 0.2) is 0 Å². The Balaban J connectivity index is 5.46. The van der Waals surface area contributed by atoms with Gasteiger partial charge in [0, 0.05) is 5.92 Å². The van der Waals surface area contributed by atoms with Crippen molar-refractivity contribution in [3.63, 3.8) is 0 Å². The molecule has 0 aliphatic heterocycles. The number of hydrogen-bond donors (Lipinski definition) is 1. The average Bonchev–Trinajstić information content (AvgIpc) is 2.09. The lowest BCUT2D eigenvalue weighted by Gasteiger charge is -2.45. The van der Waals surface area contributed by atoms with Crippen molar-refractivity contribution in [3.05, 3.63) is 0 Å². The normalized spacial score (nSPS) is 18.2. The Morgan fingerprint density at radius 1 is 1.24 bits per heavy atom. The standard InChI is InChI=1S/C13H25BO3/c1-8(14)10(11(16)17)9(7-15)13(5,6)12(2,3)4/h7-10H,14H2,1-6H3,(H,16,17). The summed E-state index contributed by atoms with van der Waals surface area (Å²) < 4.78 is 0. The number of carboxylic acid groups (broad SMARTS) is 1. The molecule has 4 heteroatoms. The molecule has 1 N–H and O–H groups in total. The minimum Gasteiger partial charge on any atom is -0.481 e. The van der Waals surface area contributed by atoms with Crippen molar-refractivity contribution in [1.29, 1.82) is 0 Å². The van der Waals surface area contributed by atoms with E-state index in [1.165, 1.54) is 0 Å². The SMILES string of the molecule is BC(C)C(C(=O)O)C(C=O)C(C)(C)C(C)(C)C. The number of carbonyl (C=O) groups is 2. The molecule has 3 atom stereocenters. The van der Waals surface area contributed by atoms with Crippen LogP contribution >= 0.6 is 0 Å². The molecule has 3 nitrogen and oxygen atoms in total. The summed E-state index contributed by atoms with van der Waals surface area (Å²) in [5, 5.41) is 9.32. The number of hydrogen-bond acceptors (Lipinski definition) is 2. The second kappa shape index (κ2) is 5.24. The summed E-state index contributed by atoms with van der Waals surface area (Å²) in [7, 11) is 1.86. The van der Waals surface area contributed by atoms with Gasteiger partial charge in [-0.1, -0.05) is 47.4 Å². The topological polar surface area (TPSA) is 54.4 Å². The molecule has 0 aromatic carbocycles. The minimum atomic E-state index is -0.880. The molecule has 17 heavy (non-hydrogen) atoms. The van der Waals surface area contributed by atoms with Crippen LogP contribution in [0, 0.1) is 22.7 Å². The van der Waals surface area contributed by atoms with Crippen LogP contribution in [-0.2, 0) is 9.59 Å². The predicted octanol–water partition coefficient (Wildman–Crippen LogP) is 2.02. The van der Waals surface area contributed by atoms with Crippen molar-refractivity contribution in [2.75, 3.05) is 0 Å². The van der Waals surface area contributed by atoms with Crippen LogP contribution in [0.2, 0.25) is 5.82 Å². The van der Waals surface area contributed by atoms with Crippen LogP contribution in [0.1, 0.15) is 41.5 Å². The maximum Gasteiger partial charge on any atom is 0.306 e. The van der Waals surface area contributed by atoms with Crippen LogP contribution in [0.3, 0.4) is 0 Å². The lowest BCUT2D eigenvalue weighted by molar-refractivity contribution is -0.149. The third kappa shape index (κ3) is 3.33. The third-order valence-electron chi connectivity index (χ3n) is 4.30. The van der Waals surface area contributed by atoms with Crippen LogP contribution < -0.4 is 0 Å². The zero-order valence-electron chi connectivity index (χ0n) is 12.1. The van der Waals surface area contributed by atoms with Gasteiger partial charge in [-0.05, 0) is 10.8 Å². The highest BCUT2D eigenvalue weighted by molar-refractivity contribution is 6.13. The second-order valence-corrected chi connectivity index (χ2v) is 6.74.